The number of ether oxygens (including phenoxy) is 1. The molecule has 1 unspecified atom stereocenters. The predicted molar refractivity (Wildman–Crippen MR) is 114 cm³/mol. The summed E-state index contributed by atoms with van der Waals surface area (Å²) >= 11 is 0. The summed E-state index contributed by atoms with van der Waals surface area (Å²) in [6.45, 7) is 7.17. The first-order valence-electron chi connectivity index (χ1n) is 10.3. The maximum atomic E-state index is 12.8. The third-order valence-electron chi connectivity index (χ3n) is 5.15. The molecule has 0 spiro atoms. The Morgan fingerprint density at radius 3 is 2.45 bits per heavy atom. The van der Waals surface area contributed by atoms with Gasteiger partial charge in [0.05, 0.1) is 12.5 Å². The monoisotopic (exact) mass is 394 g/mol. The Labute approximate surface area is 173 Å². The van der Waals surface area contributed by atoms with Crippen molar-refractivity contribution >= 4 is 11.8 Å². The summed E-state index contributed by atoms with van der Waals surface area (Å²) in [7, 11) is 0. The molecule has 1 aliphatic heterocycles. The molecule has 29 heavy (non-hydrogen) atoms. The lowest BCUT2D eigenvalue weighted by Gasteiger charge is -2.25. The van der Waals surface area contributed by atoms with Crippen molar-refractivity contribution in [3.05, 3.63) is 65.2 Å². The number of nitrogens with zero attached hydrogens (tertiary/aromatic N) is 1. The summed E-state index contributed by atoms with van der Waals surface area (Å²) in [6.07, 6.45) is 2.38. The van der Waals surface area contributed by atoms with Crippen LogP contribution in [0.25, 0.3) is 0 Å². The van der Waals surface area contributed by atoms with Gasteiger partial charge in [-0.15, -0.1) is 0 Å². The van der Waals surface area contributed by atoms with Gasteiger partial charge in [-0.2, -0.15) is 0 Å². The average molecular weight is 395 g/mol. The lowest BCUT2D eigenvalue weighted by molar-refractivity contribution is -0.131. The van der Waals surface area contributed by atoms with E-state index in [0.717, 1.165) is 24.9 Å². The van der Waals surface area contributed by atoms with Gasteiger partial charge in [-0.1, -0.05) is 29.8 Å². The fourth-order valence-electron chi connectivity index (χ4n) is 3.56. The first-order chi connectivity index (χ1) is 13.9. The van der Waals surface area contributed by atoms with E-state index in [1.165, 1.54) is 5.56 Å². The highest BCUT2D eigenvalue weighted by Gasteiger charge is 2.29. The van der Waals surface area contributed by atoms with E-state index in [9.17, 15) is 9.59 Å². The smallest absolute Gasteiger partial charge is 0.251 e. The molecule has 1 atom stereocenters. The number of benzene rings is 2. The van der Waals surface area contributed by atoms with Crippen LogP contribution in [0.4, 0.5) is 0 Å². The number of rotatable bonds is 7. The molecule has 2 amide bonds. The van der Waals surface area contributed by atoms with Crippen molar-refractivity contribution in [1.82, 2.24) is 10.2 Å². The molecule has 1 fully saturated rings. The van der Waals surface area contributed by atoms with Gasteiger partial charge in [0.2, 0.25) is 5.91 Å². The maximum absolute atomic E-state index is 12.8. The van der Waals surface area contributed by atoms with Gasteiger partial charge >= 0.3 is 0 Å². The minimum Gasteiger partial charge on any atom is -0.491 e. The van der Waals surface area contributed by atoms with Crippen LogP contribution >= 0.6 is 0 Å². The van der Waals surface area contributed by atoms with Crippen LogP contribution in [0.15, 0.2) is 48.5 Å². The van der Waals surface area contributed by atoms with E-state index in [1.54, 1.807) is 12.1 Å². The molecule has 154 valence electrons. The van der Waals surface area contributed by atoms with Gasteiger partial charge < -0.3 is 15.0 Å². The predicted octanol–water partition coefficient (Wildman–Crippen LogP) is 3.75. The van der Waals surface area contributed by atoms with Crippen molar-refractivity contribution < 1.29 is 14.3 Å². The zero-order chi connectivity index (χ0) is 20.8. The molecular formula is C24H30N2O3. The molecule has 1 N–H and O–H groups in total. The quantitative estimate of drug-likeness (QED) is 0.778. The Bertz CT molecular complexity index is 828. The largest absolute Gasteiger partial charge is 0.491 e. The fraction of sp³-hybridized carbons (Fsp3) is 0.417. The van der Waals surface area contributed by atoms with Gasteiger partial charge in [0.25, 0.3) is 5.91 Å². The fourth-order valence-corrected chi connectivity index (χ4v) is 3.56. The van der Waals surface area contributed by atoms with E-state index in [4.69, 9.17) is 4.74 Å². The zero-order valence-corrected chi connectivity index (χ0v) is 17.5. The van der Waals surface area contributed by atoms with Gasteiger partial charge in [0.15, 0.2) is 0 Å². The molecule has 0 aromatic heterocycles. The second-order valence-electron chi connectivity index (χ2n) is 8.01. The van der Waals surface area contributed by atoms with Crippen LogP contribution in [-0.4, -0.2) is 41.9 Å². The van der Waals surface area contributed by atoms with Crippen LogP contribution in [0, 0.1) is 6.92 Å². The number of nitrogens with one attached hydrogen (secondary N) is 1. The normalized spacial score (nSPS) is 16.1. The Morgan fingerprint density at radius 1 is 1.10 bits per heavy atom. The highest BCUT2D eigenvalue weighted by atomic mass is 16.5. The molecule has 1 saturated heterocycles. The molecule has 3 rings (SSSR count). The molecule has 2 aromatic carbocycles. The Morgan fingerprint density at radius 2 is 1.79 bits per heavy atom. The molecule has 2 aromatic rings. The van der Waals surface area contributed by atoms with Gasteiger partial charge in [-0.3, -0.25) is 9.59 Å². The third-order valence-corrected chi connectivity index (χ3v) is 5.15. The van der Waals surface area contributed by atoms with Crippen molar-refractivity contribution in [2.75, 3.05) is 13.2 Å². The van der Waals surface area contributed by atoms with E-state index in [-0.39, 0.29) is 23.9 Å². The van der Waals surface area contributed by atoms with Gasteiger partial charge in [0, 0.05) is 18.2 Å². The van der Waals surface area contributed by atoms with Crippen molar-refractivity contribution in [3.8, 4) is 5.75 Å². The van der Waals surface area contributed by atoms with E-state index < -0.39 is 0 Å². The topological polar surface area (TPSA) is 58.6 Å². The molecule has 1 heterocycles. The van der Waals surface area contributed by atoms with Crippen LogP contribution < -0.4 is 10.1 Å². The van der Waals surface area contributed by atoms with Crippen LogP contribution in [0.1, 0.15) is 48.2 Å². The van der Waals surface area contributed by atoms with Crippen LogP contribution in [0.3, 0.4) is 0 Å². The first-order valence-corrected chi connectivity index (χ1v) is 10.3. The molecular weight excluding hydrogens is 364 g/mol. The first kappa shape index (κ1) is 20.9. The highest BCUT2D eigenvalue weighted by molar-refractivity contribution is 5.94. The SMILES string of the molecule is Cc1ccc(CC(=O)N2CCCC2COc2ccc(C(=O)NC(C)C)cc2)cc1. The number of aryl methyl sites for hydroxylation is 1. The van der Waals surface area contributed by atoms with Gasteiger partial charge in [0.1, 0.15) is 12.4 Å². The van der Waals surface area contributed by atoms with E-state index >= 15 is 0 Å². The van der Waals surface area contributed by atoms with Crippen LogP contribution in [0.2, 0.25) is 0 Å². The summed E-state index contributed by atoms with van der Waals surface area (Å²) in [5, 5.41) is 2.87. The second kappa shape index (κ2) is 9.59. The van der Waals surface area contributed by atoms with Crippen molar-refractivity contribution in [2.24, 2.45) is 0 Å². The molecule has 0 bridgehead atoms. The molecule has 0 aliphatic carbocycles. The molecule has 5 nitrogen and oxygen atoms in total. The molecule has 5 heteroatoms. The second-order valence-corrected chi connectivity index (χ2v) is 8.01. The minimum absolute atomic E-state index is 0.0878. The number of carbonyl (C=O) groups excluding carboxylic acids is 2. The Hall–Kier alpha value is -2.82. The van der Waals surface area contributed by atoms with Crippen LogP contribution in [0.5, 0.6) is 5.75 Å². The summed E-state index contributed by atoms with van der Waals surface area (Å²) in [6, 6.07) is 15.5. The van der Waals surface area contributed by atoms with Gasteiger partial charge in [-0.05, 0) is 63.4 Å². The number of hydrogen-bond donors (Lipinski definition) is 1. The van der Waals surface area contributed by atoms with Crippen molar-refractivity contribution in [2.45, 2.75) is 52.1 Å². The van der Waals surface area contributed by atoms with E-state index in [2.05, 4.69) is 5.32 Å². The van der Waals surface area contributed by atoms with Crippen molar-refractivity contribution in [1.29, 1.82) is 0 Å². The standard InChI is InChI=1S/C24H30N2O3/c1-17(2)25-24(28)20-10-12-22(13-11-20)29-16-21-5-4-14-26(21)23(27)15-19-8-6-18(3)7-9-19/h6-13,17,21H,4-5,14-16H2,1-3H3,(H,25,28). The van der Waals surface area contributed by atoms with Crippen LogP contribution in [-0.2, 0) is 11.2 Å². The number of hydrogen-bond acceptors (Lipinski definition) is 3. The number of likely N-dealkylation sites (tertiary alicyclic amines) is 1. The maximum Gasteiger partial charge on any atom is 0.251 e. The van der Waals surface area contributed by atoms with Gasteiger partial charge in [-0.25, -0.2) is 0 Å². The third kappa shape index (κ3) is 5.83. The van der Waals surface area contributed by atoms with E-state index in [0.29, 0.717) is 24.3 Å². The van der Waals surface area contributed by atoms with E-state index in [1.807, 2.05) is 62.1 Å². The van der Waals surface area contributed by atoms with Crippen molar-refractivity contribution in [3.63, 3.8) is 0 Å². The minimum atomic E-state index is -0.0878. The number of carbonyl (C=O) groups is 2. The summed E-state index contributed by atoms with van der Waals surface area (Å²) in [5.74, 6) is 0.778. The lowest BCUT2D eigenvalue weighted by atomic mass is 10.1. The highest BCUT2D eigenvalue weighted by Crippen LogP contribution is 2.21. The molecule has 1 aliphatic rings. The summed E-state index contributed by atoms with van der Waals surface area (Å²) in [5.41, 5.74) is 2.85. The summed E-state index contributed by atoms with van der Waals surface area (Å²) < 4.78 is 5.93. The lowest BCUT2D eigenvalue weighted by Crippen LogP contribution is -2.39. The molecule has 0 saturated carbocycles. The summed E-state index contributed by atoms with van der Waals surface area (Å²) in [4.78, 5) is 26.7. The number of amides is 2. The zero-order valence-electron chi connectivity index (χ0n) is 17.5. The Kier molecular flexibility index (Phi) is 6.91. The average Bonchev–Trinajstić information content (AvgIpc) is 3.17. The Balaban J connectivity index is 1.53. The molecule has 0 radical (unpaired) electrons.